The summed E-state index contributed by atoms with van der Waals surface area (Å²) in [6.45, 7) is 0.0314. The molecule has 0 atom stereocenters. The van der Waals surface area contributed by atoms with Crippen molar-refractivity contribution in [1.29, 1.82) is 0 Å². The van der Waals surface area contributed by atoms with E-state index in [0.717, 1.165) is 22.7 Å². The average Bonchev–Trinajstić information content (AvgIpc) is 2.91. The highest BCUT2D eigenvalue weighted by molar-refractivity contribution is 8.18. The molecule has 2 aromatic carbocycles. The van der Waals surface area contributed by atoms with Crippen LogP contribution in [0.1, 0.15) is 15.9 Å². The minimum Gasteiger partial charge on any atom is -0.350 e. The summed E-state index contributed by atoms with van der Waals surface area (Å²) in [6, 6.07) is 10.7. The Morgan fingerprint density at radius 3 is 2.52 bits per heavy atom. The Morgan fingerprint density at radius 1 is 1.07 bits per heavy atom. The third-order valence-corrected chi connectivity index (χ3v) is 4.66. The number of imide groups is 1. The summed E-state index contributed by atoms with van der Waals surface area (Å²) in [6.07, 6.45) is 1.51. The quantitative estimate of drug-likeness (QED) is 0.797. The van der Waals surface area contributed by atoms with E-state index in [1.165, 1.54) is 48.5 Å². The maximum Gasteiger partial charge on any atom is 0.293 e. The van der Waals surface area contributed by atoms with E-state index in [9.17, 15) is 23.2 Å². The minimum absolute atomic E-state index is 0.00746. The van der Waals surface area contributed by atoms with Crippen LogP contribution in [0.5, 0.6) is 0 Å². The number of halogens is 2. The van der Waals surface area contributed by atoms with E-state index in [1.807, 2.05) is 0 Å². The first-order chi connectivity index (χ1) is 12.9. The van der Waals surface area contributed by atoms with E-state index in [1.54, 1.807) is 0 Å². The van der Waals surface area contributed by atoms with Crippen molar-refractivity contribution in [1.82, 2.24) is 10.2 Å². The van der Waals surface area contributed by atoms with Crippen LogP contribution >= 0.6 is 11.8 Å². The first-order valence-electron chi connectivity index (χ1n) is 7.99. The van der Waals surface area contributed by atoms with E-state index in [-0.39, 0.29) is 23.6 Å². The van der Waals surface area contributed by atoms with E-state index in [4.69, 9.17) is 0 Å². The molecular weight excluding hydrogens is 374 g/mol. The Labute approximate surface area is 158 Å². The van der Waals surface area contributed by atoms with E-state index in [2.05, 4.69) is 5.32 Å². The molecule has 1 saturated heterocycles. The van der Waals surface area contributed by atoms with Gasteiger partial charge in [0.05, 0.1) is 4.91 Å². The number of hydrogen-bond acceptors (Lipinski definition) is 4. The van der Waals surface area contributed by atoms with Gasteiger partial charge in [-0.15, -0.1) is 0 Å². The molecule has 2 aromatic rings. The normalized spacial score (nSPS) is 15.5. The third-order valence-electron chi connectivity index (χ3n) is 3.75. The fraction of sp³-hybridized carbons (Fsp3) is 0.105. The van der Waals surface area contributed by atoms with Crippen molar-refractivity contribution in [3.63, 3.8) is 0 Å². The standard InChI is InChI=1S/C19H14F2N2O3S/c20-14-6-4-12(5-7-14)10-16-18(25)23(19(26)27-16)9-8-22-17(24)13-2-1-3-15(21)11-13/h1-7,10-11H,8-9H2,(H,22,24)/b16-10-. The Morgan fingerprint density at radius 2 is 1.81 bits per heavy atom. The first kappa shape index (κ1) is 18.8. The zero-order valence-electron chi connectivity index (χ0n) is 13.9. The van der Waals surface area contributed by atoms with Crippen molar-refractivity contribution < 1.29 is 23.2 Å². The molecule has 0 aliphatic carbocycles. The monoisotopic (exact) mass is 388 g/mol. The molecule has 138 valence electrons. The van der Waals surface area contributed by atoms with Crippen LogP contribution in [0.2, 0.25) is 0 Å². The van der Waals surface area contributed by atoms with Gasteiger partial charge in [0.2, 0.25) is 0 Å². The largest absolute Gasteiger partial charge is 0.350 e. The van der Waals surface area contributed by atoms with Crippen molar-refractivity contribution in [2.75, 3.05) is 13.1 Å². The van der Waals surface area contributed by atoms with Crippen LogP contribution in [0, 0.1) is 11.6 Å². The third kappa shape index (κ3) is 4.59. The zero-order valence-corrected chi connectivity index (χ0v) is 14.8. The second-order valence-corrected chi connectivity index (χ2v) is 6.64. The Kier molecular flexibility index (Phi) is 5.66. The van der Waals surface area contributed by atoms with Gasteiger partial charge in [-0.2, -0.15) is 0 Å². The highest BCUT2D eigenvalue weighted by Gasteiger charge is 2.34. The molecule has 3 rings (SSSR count). The van der Waals surface area contributed by atoms with Crippen LogP contribution < -0.4 is 5.32 Å². The summed E-state index contributed by atoms with van der Waals surface area (Å²) in [5.74, 6) is -1.90. The number of rotatable bonds is 5. The molecule has 0 bridgehead atoms. The SMILES string of the molecule is O=C(NCCN1C(=O)S/C(=C\c2ccc(F)cc2)C1=O)c1cccc(F)c1. The van der Waals surface area contributed by atoms with Crippen LogP contribution in [0.4, 0.5) is 13.6 Å². The molecule has 0 unspecified atom stereocenters. The highest BCUT2D eigenvalue weighted by Crippen LogP contribution is 2.31. The summed E-state index contributed by atoms with van der Waals surface area (Å²) in [7, 11) is 0. The molecule has 3 amide bonds. The average molecular weight is 388 g/mol. The lowest BCUT2D eigenvalue weighted by Gasteiger charge is -2.13. The Bertz CT molecular complexity index is 929. The number of hydrogen-bond donors (Lipinski definition) is 1. The second kappa shape index (κ2) is 8.13. The van der Waals surface area contributed by atoms with Gasteiger partial charge >= 0.3 is 0 Å². The van der Waals surface area contributed by atoms with Crippen molar-refractivity contribution >= 4 is 34.9 Å². The number of nitrogens with zero attached hydrogens (tertiary/aromatic N) is 1. The van der Waals surface area contributed by atoms with Gasteiger partial charge in [-0.3, -0.25) is 19.3 Å². The topological polar surface area (TPSA) is 66.5 Å². The molecule has 1 fully saturated rings. The maximum absolute atomic E-state index is 13.1. The first-order valence-corrected chi connectivity index (χ1v) is 8.80. The van der Waals surface area contributed by atoms with Crippen LogP contribution in [0.3, 0.4) is 0 Å². The fourth-order valence-corrected chi connectivity index (χ4v) is 3.28. The Balaban J connectivity index is 1.59. The van der Waals surface area contributed by atoms with Gasteiger partial charge in [-0.25, -0.2) is 8.78 Å². The number of amides is 3. The molecular formula is C19H14F2N2O3S. The maximum atomic E-state index is 13.1. The lowest BCUT2D eigenvalue weighted by molar-refractivity contribution is -0.122. The lowest BCUT2D eigenvalue weighted by atomic mass is 10.2. The predicted molar refractivity (Wildman–Crippen MR) is 97.8 cm³/mol. The lowest BCUT2D eigenvalue weighted by Crippen LogP contribution is -2.37. The molecule has 0 aromatic heterocycles. The molecule has 1 aliphatic rings. The molecule has 27 heavy (non-hydrogen) atoms. The molecule has 0 radical (unpaired) electrons. The molecule has 1 aliphatic heterocycles. The molecule has 1 heterocycles. The van der Waals surface area contributed by atoms with Crippen LogP contribution in [0.25, 0.3) is 6.08 Å². The summed E-state index contributed by atoms with van der Waals surface area (Å²) < 4.78 is 26.1. The summed E-state index contributed by atoms with van der Waals surface area (Å²) in [5, 5.41) is 2.09. The summed E-state index contributed by atoms with van der Waals surface area (Å²) in [4.78, 5) is 37.6. The van der Waals surface area contributed by atoms with Gasteiger partial charge in [0, 0.05) is 18.7 Å². The number of nitrogens with one attached hydrogen (secondary N) is 1. The second-order valence-electron chi connectivity index (χ2n) is 5.65. The molecule has 0 spiro atoms. The van der Waals surface area contributed by atoms with Crippen LogP contribution in [0.15, 0.2) is 53.4 Å². The smallest absolute Gasteiger partial charge is 0.293 e. The van der Waals surface area contributed by atoms with Gasteiger partial charge in [0.1, 0.15) is 11.6 Å². The van der Waals surface area contributed by atoms with Gasteiger partial charge in [0.15, 0.2) is 0 Å². The van der Waals surface area contributed by atoms with Crippen LogP contribution in [-0.2, 0) is 4.79 Å². The molecule has 1 N–H and O–H groups in total. The van der Waals surface area contributed by atoms with Gasteiger partial charge in [-0.1, -0.05) is 18.2 Å². The van der Waals surface area contributed by atoms with E-state index in [0.29, 0.717) is 5.56 Å². The van der Waals surface area contributed by atoms with Gasteiger partial charge < -0.3 is 5.32 Å². The van der Waals surface area contributed by atoms with Crippen molar-refractivity contribution in [2.45, 2.75) is 0 Å². The minimum atomic E-state index is -0.528. The summed E-state index contributed by atoms with van der Waals surface area (Å²) >= 11 is 0.780. The number of carbonyl (C=O) groups is 3. The van der Waals surface area contributed by atoms with Crippen molar-refractivity contribution in [3.05, 3.63) is 76.2 Å². The highest BCUT2D eigenvalue weighted by atomic mass is 32.2. The fourth-order valence-electron chi connectivity index (χ4n) is 2.42. The Hall–Kier alpha value is -3.00. The van der Waals surface area contributed by atoms with E-state index < -0.39 is 28.7 Å². The van der Waals surface area contributed by atoms with Crippen molar-refractivity contribution in [3.8, 4) is 0 Å². The number of carbonyl (C=O) groups excluding carboxylic acids is 3. The van der Waals surface area contributed by atoms with Crippen LogP contribution in [-0.4, -0.2) is 35.0 Å². The van der Waals surface area contributed by atoms with Gasteiger partial charge in [0.25, 0.3) is 17.1 Å². The zero-order chi connectivity index (χ0) is 19.4. The molecule has 5 nitrogen and oxygen atoms in total. The molecule has 0 saturated carbocycles. The number of benzene rings is 2. The van der Waals surface area contributed by atoms with E-state index >= 15 is 0 Å². The van der Waals surface area contributed by atoms with Crippen molar-refractivity contribution in [2.24, 2.45) is 0 Å². The predicted octanol–water partition coefficient (Wildman–Crippen LogP) is 3.43. The molecule has 8 heteroatoms. The summed E-state index contributed by atoms with van der Waals surface area (Å²) in [5.41, 5.74) is 0.752. The number of thioether (sulfide) groups is 1. The van der Waals surface area contributed by atoms with Gasteiger partial charge in [-0.05, 0) is 53.7 Å².